The number of nitrogens with zero attached hydrogens (tertiary/aromatic N) is 1. The highest BCUT2D eigenvalue weighted by molar-refractivity contribution is 7.92. The second-order valence-corrected chi connectivity index (χ2v) is 8.78. The van der Waals surface area contributed by atoms with Gasteiger partial charge in [-0.2, -0.15) is 0 Å². The summed E-state index contributed by atoms with van der Waals surface area (Å²) in [6.45, 7) is 1.77. The lowest BCUT2D eigenvalue weighted by molar-refractivity contribution is 0.0600. The van der Waals surface area contributed by atoms with Crippen molar-refractivity contribution in [3.8, 4) is 0 Å². The summed E-state index contributed by atoms with van der Waals surface area (Å²) in [6, 6.07) is 19.3. The smallest absolute Gasteiger partial charge is 0.337 e. The largest absolute Gasteiger partial charge is 0.465 e. The molecule has 0 radical (unpaired) electrons. The SMILES string of the molecule is COC(=O)c1cccc(NC(=O)c2ccc(C)c(N(C)S(=O)(=O)c3ccccc3)c2)c1. The molecule has 0 fully saturated rings. The van der Waals surface area contributed by atoms with Gasteiger partial charge in [-0.15, -0.1) is 0 Å². The van der Waals surface area contributed by atoms with Crippen LogP contribution in [0.1, 0.15) is 26.3 Å². The Labute approximate surface area is 181 Å². The maximum atomic E-state index is 13.0. The van der Waals surface area contributed by atoms with Gasteiger partial charge >= 0.3 is 5.97 Å². The summed E-state index contributed by atoms with van der Waals surface area (Å²) in [7, 11) is -1.05. The first-order chi connectivity index (χ1) is 14.7. The average Bonchev–Trinajstić information content (AvgIpc) is 2.79. The van der Waals surface area contributed by atoms with Gasteiger partial charge in [-0.25, -0.2) is 13.2 Å². The summed E-state index contributed by atoms with van der Waals surface area (Å²) in [5, 5.41) is 2.72. The first-order valence-electron chi connectivity index (χ1n) is 9.38. The predicted octanol–water partition coefficient (Wildman–Crippen LogP) is 3.86. The molecule has 3 rings (SSSR count). The summed E-state index contributed by atoms with van der Waals surface area (Å²) in [5.41, 5.74) is 2.09. The molecule has 0 spiro atoms. The molecule has 0 unspecified atom stereocenters. The summed E-state index contributed by atoms with van der Waals surface area (Å²) in [5.74, 6) is -0.949. The highest BCUT2D eigenvalue weighted by Crippen LogP contribution is 2.27. The molecule has 160 valence electrons. The molecule has 0 aromatic heterocycles. The number of hydrogen-bond donors (Lipinski definition) is 1. The van der Waals surface area contributed by atoms with Crippen molar-refractivity contribution in [1.82, 2.24) is 0 Å². The Morgan fingerprint density at radius 1 is 0.903 bits per heavy atom. The molecule has 0 saturated carbocycles. The van der Waals surface area contributed by atoms with Gasteiger partial charge in [-0.1, -0.05) is 30.3 Å². The molecule has 0 saturated heterocycles. The molecule has 31 heavy (non-hydrogen) atoms. The molecule has 1 amide bonds. The fraction of sp³-hybridized carbons (Fsp3) is 0.130. The number of sulfonamides is 1. The normalized spacial score (nSPS) is 10.9. The fourth-order valence-corrected chi connectivity index (χ4v) is 4.29. The summed E-state index contributed by atoms with van der Waals surface area (Å²) in [4.78, 5) is 24.6. The number of anilines is 2. The van der Waals surface area contributed by atoms with E-state index >= 15 is 0 Å². The number of methoxy groups -OCH3 is 1. The molecule has 0 aliphatic heterocycles. The van der Waals surface area contributed by atoms with Crippen molar-refractivity contribution in [2.45, 2.75) is 11.8 Å². The van der Waals surface area contributed by atoms with Crippen molar-refractivity contribution < 1.29 is 22.7 Å². The standard InChI is InChI=1S/C23H22N2O5S/c1-16-12-13-17(22(26)24-19-9-7-8-18(14-19)23(27)30-3)15-21(16)25(2)31(28,29)20-10-5-4-6-11-20/h4-15H,1-3H3,(H,24,26). The maximum absolute atomic E-state index is 13.0. The van der Waals surface area contributed by atoms with E-state index in [2.05, 4.69) is 5.32 Å². The zero-order chi connectivity index (χ0) is 22.6. The minimum atomic E-state index is -3.78. The molecular formula is C23H22N2O5S. The lowest BCUT2D eigenvalue weighted by Crippen LogP contribution is -2.27. The van der Waals surface area contributed by atoms with Crippen LogP contribution in [0.25, 0.3) is 0 Å². The number of rotatable bonds is 6. The van der Waals surface area contributed by atoms with Gasteiger partial charge in [0.15, 0.2) is 0 Å². The highest BCUT2D eigenvalue weighted by atomic mass is 32.2. The zero-order valence-electron chi connectivity index (χ0n) is 17.3. The fourth-order valence-electron chi connectivity index (χ4n) is 3.01. The zero-order valence-corrected chi connectivity index (χ0v) is 18.1. The van der Waals surface area contributed by atoms with Crippen molar-refractivity contribution in [1.29, 1.82) is 0 Å². The van der Waals surface area contributed by atoms with Gasteiger partial charge in [0, 0.05) is 18.3 Å². The van der Waals surface area contributed by atoms with Crippen molar-refractivity contribution in [2.24, 2.45) is 0 Å². The van der Waals surface area contributed by atoms with Gasteiger partial charge in [-0.05, 0) is 55.0 Å². The van der Waals surface area contributed by atoms with E-state index < -0.39 is 21.9 Å². The van der Waals surface area contributed by atoms with Crippen LogP contribution in [0.15, 0.2) is 77.7 Å². The van der Waals surface area contributed by atoms with E-state index in [1.54, 1.807) is 55.5 Å². The average molecular weight is 439 g/mol. The highest BCUT2D eigenvalue weighted by Gasteiger charge is 2.23. The number of aryl methyl sites for hydroxylation is 1. The van der Waals surface area contributed by atoms with Crippen LogP contribution in [0, 0.1) is 6.92 Å². The third-order valence-corrected chi connectivity index (χ3v) is 6.54. The summed E-state index contributed by atoms with van der Waals surface area (Å²) in [6.07, 6.45) is 0. The lowest BCUT2D eigenvalue weighted by Gasteiger charge is -2.22. The van der Waals surface area contributed by atoms with Gasteiger partial charge in [0.2, 0.25) is 0 Å². The van der Waals surface area contributed by atoms with E-state index in [0.29, 0.717) is 22.5 Å². The molecule has 0 aliphatic rings. The van der Waals surface area contributed by atoms with Crippen molar-refractivity contribution >= 4 is 33.3 Å². The van der Waals surface area contributed by atoms with E-state index in [0.717, 1.165) is 4.31 Å². The Hall–Kier alpha value is -3.65. The first kappa shape index (κ1) is 22.0. The van der Waals surface area contributed by atoms with E-state index in [-0.39, 0.29) is 10.5 Å². The number of amides is 1. The number of benzene rings is 3. The number of hydrogen-bond acceptors (Lipinski definition) is 5. The third kappa shape index (κ3) is 4.75. The van der Waals surface area contributed by atoms with Gasteiger partial charge in [-0.3, -0.25) is 9.10 Å². The van der Waals surface area contributed by atoms with Gasteiger partial charge in [0.1, 0.15) is 0 Å². The van der Waals surface area contributed by atoms with Crippen LogP contribution < -0.4 is 9.62 Å². The molecule has 7 nitrogen and oxygen atoms in total. The Kier molecular flexibility index (Phi) is 6.41. The quantitative estimate of drug-likeness (QED) is 0.590. The molecule has 3 aromatic carbocycles. The number of ether oxygens (including phenoxy) is 1. The van der Waals surface area contributed by atoms with E-state index in [1.807, 2.05) is 0 Å². The van der Waals surface area contributed by atoms with Gasteiger partial charge < -0.3 is 10.1 Å². The molecule has 8 heteroatoms. The van der Waals surface area contributed by atoms with Crippen LogP contribution in [0.3, 0.4) is 0 Å². The Bertz CT molecular complexity index is 1220. The van der Waals surface area contributed by atoms with E-state index in [4.69, 9.17) is 4.74 Å². The molecule has 1 N–H and O–H groups in total. The molecule has 0 atom stereocenters. The van der Waals surface area contributed by atoms with Crippen LogP contribution in [-0.4, -0.2) is 34.5 Å². The number of carbonyl (C=O) groups is 2. The Morgan fingerprint density at radius 3 is 2.29 bits per heavy atom. The number of nitrogens with one attached hydrogen (secondary N) is 1. The van der Waals surface area contributed by atoms with Crippen LogP contribution >= 0.6 is 0 Å². The molecule has 0 aliphatic carbocycles. The van der Waals surface area contributed by atoms with Crippen molar-refractivity contribution in [3.05, 3.63) is 89.5 Å². The van der Waals surface area contributed by atoms with Gasteiger partial charge in [0.25, 0.3) is 15.9 Å². The second kappa shape index (κ2) is 9.01. The summed E-state index contributed by atoms with van der Waals surface area (Å²) < 4.78 is 31.8. The predicted molar refractivity (Wildman–Crippen MR) is 119 cm³/mol. The Morgan fingerprint density at radius 2 is 1.61 bits per heavy atom. The minimum absolute atomic E-state index is 0.159. The molecular weight excluding hydrogens is 416 g/mol. The van der Waals surface area contributed by atoms with Crippen LogP contribution in [0.5, 0.6) is 0 Å². The van der Waals surface area contributed by atoms with E-state index in [9.17, 15) is 18.0 Å². The number of esters is 1. The molecule has 0 heterocycles. The Balaban J connectivity index is 1.89. The van der Waals surface area contributed by atoms with Crippen LogP contribution in [0.2, 0.25) is 0 Å². The van der Waals surface area contributed by atoms with Crippen LogP contribution in [0.4, 0.5) is 11.4 Å². The second-order valence-electron chi connectivity index (χ2n) is 6.81. The van der Waals surface area contributed by atoms with Crippen LogP contribution in [-0.2, 0) is 14.8 Å². The third-order valence-electron chi connectivity index (χ3n) is 4.75. The first-order valence-corrected chi connectivity index (χ1v) is 10.8. The van der Waals surface area contributed by atoms with Gasteiger partial charge in [0.05, 0.1) is 23.3 Å². The monoisotopic (exact) mass is 438 g/mol. The summed E-state index contributed by atoms with van der Waals surface area (Å²) >= 11 is 0. The van der Waals surface area contributed by atoms with E-state index in [1.165, 1.54) is 38.4 Å². The lowest BCUT2D eigenvalue weighted by atomic mass is 10.1. The molecule has 3 aromatic rings. The van der Waals surface area contributed by atoms with Crippen molar-refractivity contribution in [2.75, 3.05) is 23.8 Å². The maximum Gasteiger partial charge on any atom is 0.337 e. The molecule has 0 bridgehead atoms. The topological polar surface area (TPSA) is 92.8 Å². The number of carbonyl (C=O) groups excluding carboxylic acids is 2. The minimum Gasteiger partial charge on any atom is -0.465 e. The van der Waals surface area contributed by atoms with Crippen molar-refractivity contribution in [3.63, 3.8) is 0 Å².